The van der Waals surface area contributed by atoms with Crippen LogP contribution in [-0.2, 0) is 0 Å². The summed E-state index contributed by atoms with van der Waals surface area (Å²) in [6.45, 7) is 2.04. The number of aryl methyl sites for hydroxylation is 1. The molecule has 1 unspecified atom stereocenters. The van der Waals surface area contributed by atoms with Gasteiger partial charge in [-0.15, -0.1) is 0 Å². The Kier molecular flexibility index (Phi) is 3.92. The third kappa shape index (κ3) is 3.05. The molecule has 0 aliphatic carbocycles. The van der Waals surface area contributed by atoms with Crippen molar-refractivity contribution in [1.82, 2.24) is 0 Å². The van der Waals surface area contributed by atoms with Crippen molar-refractivity contribution in [3.05, 3.63) is 29.3 Å². The molecule has 1 aliphatic heterocycles. The summed E-state index contributed by atoms with van der Waals surface area (Å²) in [6, 6.07) is 4.81. The fourth-order valence-electron chi connectivity index (χ4n) is 2.56. The van der Waals surface area contributed by atoms with E-state index in [4.69, 9.17) is 0 Å². The van der Waals surface area contributed by atoms with E-state index in [1.54, 1.807) is 19.1 Å². The molecule has 1 aliphatic rings. The van der Waals surface area contributed by atoms with E-state index in [1.807, 2.05) is 0 Å². The fourth-order valence-corrected chi connectivity index (χ4v) is 2.56. The lowest BCUT2D eigenvalue weighted by molar-refractivity contribution is -0.175. The average molecular weight is 287 g/mol. The second-order valence-corrected chi connectivity index (χ2v) is 5.15. The van der Waals surface area contributed by atoms with Gasteiger partial charge in [0.1, 0.15) is 0 Å². The van der Waals surface area contributed by atoms with Crippen LogP contribution in [0, 0.1) is 12.8 Å². The molecule has 20 heavy (non-hydrogen) atoms. The quantitative estimate of drug-likeness (QED) is 0.905. The molecule has 1 saturated heterocycles. The lowest BCUT2D eigenvalue weighted by Crippen LogP contribution is -2.42. The van der Waals surface area contributed by atoms with E-state index in [1.165, 1.54) is 11.0 Å². The Balaban J connectivity index is 2.29. The van der Waals surface area contributed by atoms with Gasteiger partial charge in [0.25, 0.3) is 0 Å². The molecule has 3 nitrogen and oxygen atoms in total. The minimum absolute atomic E-state index is 0.0628. The van der Waals surface area contributed by atoms with Crippen LogP contribution in [0.25, 0.3) is 0 Å². The normalized spacial score (nSPS) is 20.0. The number of hydrogen-bond acceptors (Lipinski definition) is 2. The van der Waals surface area contributed by atoms with Crippen LogP contribution in [0.5, 0.6) is 0 Å². The summed E-state index contributed by atoms with van der Waals surface area (Å²) in [7, 11) is 0. The van der Waals surface area contributed by atoms with Gasteiger partial charge in [-0.2, -0.15) is 13.2 Å². The third-order valence-electron chi connectivity index (χ3n) is 3.61. The van der Waals surface area contributed by atoms with Crippen LogP contribution in [0.15, 0.2) is 18.2 Å². The predicted octanol–water partition coefficient (Wildman–Crippen LogP) is 3.47. The molecule has 110 valence electrons. The maximum atomic E-state index is 12.8. The number of carbonyl (C=O) groups is 1. The van der Waals surface area contributed by atoms with Crippen molar-refractivity contribution in [1.29, 1.82) is 0 Å². The monoisotopic (exact) mass is 287 g/mol. The second kappa shape index (κ2) is 5.34. The number of carboxylic acids is 1. The van der Waals surface area contributed by atoms with Crippen molar-refractivity contribution < 1.29 is 23.1 Å². The molecule has 1 fully saturated rings. The smallest absolute Gasteiger partial charge is 0.393 e. The molecule has 1 heterocycles. The first-order valence-electron chi connectivity index (χ1n) is 6.44. The van der Waals surface area contributed by atoms with Crippen molar-refractivity contribution in [3.8, 4) is 0 Å². The minimum Gasteiger partial charge on any atom is -0.478 e. The summed E-state index contributed by atoms with van der Waals surface area (Å²) in [6.07, 6.45) is -3.71. The summed E-state index contributed by atoms with van der Waals surface area (Å²) in [4.78, 5) is 12.8. The number of piperidine rings is 1. The summed E-state index contributed by atoms with van der Waals surface area (Å²) in [5, 5.41) is 9.20. The van der Waals surface area contributed by atoms with Gasteiger partial charge in [-0.05, 0) is 31.9 Å². The molecular weight excluding hydrogens is 271 g/mol. The molecule has 0 bridgehead atoms. The number of benzene rings is 1. The van der Waals surface area contributed by atoms with E-state index in [0.717, 1.165) is 5.56 Å². The van der Waals surface area contributed by atoms with E-state index in [-0.39, 0.29) is 18.5 Å². The van der Waals surface area contributed by atoms with Crippen LogP contribution in [0.3, 0.4) is 0 Å². The van der Waals surface area contributed by atoms with Crippen molar-refractivity contribution >= 4 is 11.7 Å². The fraction of sp³-hybridized carbons (Fsp3) is 0.500. The zero-order valence-corrected chi connectivity index (χ0v) is 11.1. The molecule has 1 aromatic rings. The zero-order valence-electron chi connectivity index (χ0n) is 11.1. The molecule has 0 amide bonds. The van der Waals surface area contributed by atoms with E-state index >= 15 is 0 Å². The average Bonchev–Trinajstić information content (AvgIpc) is 2.37. The second-order valence-electron chi connectivity index (χ2n) is 5.15. The number of nitrogens with zero attached hydrogens (tertiary/aromatic N) is 1. The number of carboxylic acid groups (broad SMARTS) is 1. The van der Waals surface area contributed by atoms with Crippen molar-refractivity contribution in [2.24, 2.45) is 5.92 Å². The van der Waals surface area contributed by atoms with Gasteiger partial charge in [0.05, 0.1) is 17.2 Å². The first kappa shape index (κ1) is 14.7. The Morgan fingerprint density at radius 1 is 1.40 bits per heavy atom. The van der Waals surface area contributed by atoms with Gasteiger partial charge in [-0.25, -0.2) is 4.79 Å². The SMILES string of the molecule is Cc1ccc(N2CCCC(C(F)(F)F)C2)c(C(=O)O)c1. The molecule has 6 heteroatoms. The van der Waals surface area contributed by atoms with Crippen LogP contribution in [0.1, 0.15) is 28.8 Å². The number of aromatic carboxylic acids is 1. The molecule has 0 spiro atoms. The van der Waals surface area contributed by atoms with Crippen LogP contribution in [0.4, 0.5) is 18.9 Å². The molecule has 1 aromatic carbocycles. The standard InChI is InChI=1S/C14H16F3NO2/c1-9-4-5-12(11(7-9)13(19)20)18-6-2-3-10(8-18)14(15,16)17/h4-5,7,10H,2-3,6,8H2,1H3,(H,19,20). The highest BCUT2D eigenvalue weighted by Gasteiger charge is 2.42. The number of hydrogen-bond donors (Lipinski definition) is 1. The summed E-state index contributed by atoms with van der Waals surface area (Å²) in [5.74, 6) is -2.50. The van der Waals surface area contributed by atoms with Crippen molar-refractivity contribution in [2.45, 2.75) is 25.9 Å². The molecule has 2 rings (SSSR count). The van der Waals surface area contributed by atoms with Gasteiger partial charge in [0.2, 0.25) is 0 Å². The topological polar surface area (TPSA) is 40.5 Å². The number of halogens is 3. The first-order valence-corrected chi connectivity index (χ1v) is 6.44. The molecule has 0 radical (unpaired) electrons. The highest BCUT2D eigenvalue weighted by atomic mass is 19.4. The lowest BCUT2D eigenvalue weighted by atomic mass is 9.96. The largest absolute Gasteiger partial charge is 0.478 e. The zero-order chi connectivity index (χ0) is 14.9. The van der Waals surface area contributed by atoms with E-state index in [0.29, 0.717) is 18.7 Å². The predicted molar refractivity (Wildman–Crippen MR) is 69.1 cm³/mol. The number of alkyl halides is 3. The molecule has 1 atom stereocenters. The Bertz CT molecular complexity index is 514. The van der Waals surface area contributed by atoms with Gasteiger partial charge >= 0.3 is 12.1 Å². The van der Waals surface area contributed by atoms with Crippen LogP contribution >= 0.6 is 0 Å². The van der Waals surface area contributed by atoms with E-state index < -0.39 is 18.1 Å². The van der Waals surface area contributed by atoms with Gasteiger partial charge in [0, 0.05) is 13.1 Å². The summed E-state index contributed by atoms with van der Waals surface area (Å²) < 4.78 is 38.4. The first-order chi connectivity index (χ1) is 9.29. The Morgan fingerprint density at radius 3 is 2.70 bits per heavy atom. The van der Waals surface area contributed by atoms with Crippen molar-refractivity contribution in [3.63, 3.8) is 0 Å². The maximum absolute atomic E-state index is 12.8. The van der Waals surface area contributed by atoms with Gasteiger partial charge < -0.3 is 10.0 Å². The summed E-state index contributed by atoms with van der Waals surface area (Å²) in [5.41, 5.74) is 1.21. The number of rotatable bonds is 2. The lowest BCUT2D eigenvalue weighted by Gasteiger charge is -2.36. The highest BCUT2D eigenvalue weighted by molar-refractivity contribution is 5.94. The van der Waals surface area contributed by atoms with Crippen LogP contribution in [0.2, 0.25) is 0 Å². The minimum atomic E-state index is -4.23. The van der Waals surface area contributed by atoms with E-state index in [2.05, 4.69) is 0 Å². The Hall–Kier alpha value is -1.72. The number of anilines is 1. The van der Waals surface area contributed by atoms with E-state index in [9.17, 15) is 23.1 Å². The molecule has 1 N–H and O–H groups in total. The van der Waals surface area contributed by atoms with Gasteiger partial charge in [-0.3, -0.25) is 0 Å². The molecular formula is C14H16F3NO2. The summed E-state index contributed by atoms with van der Waals surface area (Å²) >= 11 is 0. The highest BCUT2D eigenvalue weighted by Crippen LogP contribution is 2.35. The third-order valence-corrected chi connectivity index (χ3v) is 3.61. The Morgan fingerprint density at radius 2 is 2.10 bits per heavy atom. The Labute approximate surface area is 115 Å². The molecule has 0 aromatic heterocycles. The van der Waals surface area contributed by atoms with Crippen LogP contribution < -0.4 is 4.90 Å². The van der Waals surface area contributed by atoms with Crippen LogP contribution in [-0.4, -0.2) is 30.3 Å². The molecule has 0 saturated carbocycles. The van der Waals surface area contributed by atoms with Crippen molar-refractivity contribution in [2.75, 3.05) is 18.0 Å². The maximum Gasteiger partial charge on any atom is 0.393 e. The van der Waals surface area contributed by atoms with Gasteiger partial charge in [0.15, 0.2) is 0 Å². The van der Waals surface area contributed by atoms with Gasteiger partial charge in [-0.1, -0.05) is 11.6 Å².